The van der Waals surface area contributed by atoms with E-state index < -0.39 is 17.6 Å². The van der Waals surface area contributed by atoms with Crippen molar-refractivity contribution in [1.82, 2.24) is 0 Å². The third-order valence-electron chi connectivity index (χ3n) is 10.2. The van der Waals surface area contributed by atoms with Crippen LogP contribution in [0.2, 0.25) is 0 Å². The number of carbonyl (C=O) groups excluding carboxylic acids is 1. The first-order chi connectivity index (χ1) is 15.0. The molecule has 3 N–H and O–H groups in total. The molecule has 0 aromatic heterocycles. The molecule has 0 heterocycles. The molecule has 0 bridgehead atoms. The number of allylic oxidation sites excluding steroid dienone is 2. The highest BCUT2D eigenvalue weighted by Gasteiger charge is 2.59. The second kappa shape index (κ2) is 9.88. The molecule has 4 heteroatoms. The molecule has 1 unspecified atom stereocenters. The van der Waals surface area contributed by atoms with Gasteiger partial charge in [-0.2, -0.15) is 0 Å². The first kappa shape index (κ1) is 25.9. The molecule has 32 heavy (non-hydrogen) atoms. The van der Waals surface area contributed by atoms with Crippen molar-refractivity contribution in [1.29, 1.82) is 0 Å². The van der Waals surface area contributed by atoms with Gasteiger partial charge in [0.2, 0.25) is 0 Å². The molecule has 0 aliphatic heterocycles. The van der Waals surface area contributed by atoms with Crippen LogP contribution >= 0.6 is 0 Å². The Morgan fingerprint density at radius 3 is 2.31 bits per heavy atom. The number of aliphatic hydroxyl groups excluding tert-OH is 3. The second-order valence-electron chi connectivity index (χ2n) is 12.3. The van der Waals surface area contributed by atoms with Crippen molar-refractivity contribution in [2.75, 3.05) is 6.61 Å². The first-order valence-electron chi connectivity index (χ1n) is 13.1. The van der Waals surface area contributed by atoms with Crippen molar-refractivity contribution >= 4 is 5.78 Å². The van der Waals surface area contributed by atoms with Crippen LogP contribution in [0.5, 0.6) is 0 Å². The van der Waals surface area contributed by atoms with Crippen molar-refractivity contribution in [3.05, 3.63) is 12.2 Å². The van der Waals surface area contributed by atoms with Gasteiger partial charge in [0.1, 0.15) is 5.78 Å². The van der Waals surface area contributed by atoms with E-state index in [1.165, 1.54) is 0 Å². The van der Waals surface area contributed by atoms with Gasteiger partial charge in [-0.1, -0.05) is 53.7 Å². The average Bonchev–Trinajstić information content (AvgIpc) is 3.07. The van der Waals surface area contributed by atoms with Crippen LogP contribution in [0, 0.1) is 52.3 Å². The topological polar surface area (TPSA) is 77.8 Å². The predicted octanol–water partition coefficient (Wildman–Crippen LogP) is 5.00. The van der Waals surface area contributed by atoms with Gasteiger partial charge in [0.25, 0.3) is 0 Å². The van der Waals surface area contributed by atoms with Crippen LogP contribution in [0.25, 0.3) is 0 Å². The number of ketones is 1. The Balaban J connectivity index is 1.85. The van der Waals surface area contributed by atoms with Gasteiger partial charge in [-0.15, -0.1) is 0 Å². The van der Waals surface area contributed by atoms with Crippen LogP contribution < -0.4 is 0 Å². The Bertz CT molecular complexity index is 687. The van der Waals surface area contributed by atoms with Crippen LogP contribution in [-0.2, 0) is 4.79 Å². The fourth-order valence-electron chi connectivity index (χ4n) is 7.65. The van der Waals surface area contributed by atoms with E-state index in [0.717, 1.165) is 12.8 Å². The van der Waals surface area contributed by atoms with E-state index in [4.69, 9.17) is 0 Å². The number of rotatable bonds is 7. The molecular formula is C28H48O4. The van der Waals surface area contributed by atoms with Crippen molar-refractivity contribution in [3.63, 3.8) is 0 Å². The lowest BCUT2D eigenvalue weighted by Crippen LogP contribution is -2.56. The van der Waals surface area contributed by atoms with Crippen LogP contribution in [0.1, 0.15) is 86.5 Å². The lowest BCUT2D eigenvalue weighted by Gasteiger charge is -2.53. The Hall–Kier alpha value is -0.710. The summed E-state index contributed by atoms with van der Waals surface area (Å²) in [7, 11) is 0. The van der Waals surface area contributed by atoms with E-state index in [9.17, 15) is 20.1 Å². The number of fused-ring (bicyclic) bond motifs is 1. The van der Waals surface area contributed by atoms with Gasteiger partial charge in [-0.05, 0) is 85.9 Å². The SMILES string of the molecule is CC(C)[C@@H](C)/C=C/[C@@H](C)[C@H]1CC[C@@H]([C@@H]2C[C@H](O)C3C[C@@H](O)CC[C@]3(C)C2=O)[C@]1(C)CCO. The summed E-state index contributed by atoms with van der Waals surface area (Å²) >= 11 is 0. The number of Topliss-reactive ketones (excluding diaryl/α,β-unsaturated/α-hetero) is 1. The van der Waals surface area contributed by atoms with Crippen LogP contribution in [0.3, 0.4) is 0 Å². The predicted molar refractivity (Wildman–Crippen MR) is 129 cm³/mol. The molecule has 3 saturated carbocycles. The van der Waals surface area contributed by atoms with Gasteiger partial charge in [-0.25, -0.2) is 0 Å². The quantitative estimate of drug-likeness (QED) is 0.479. The lowest BCUT2D eigenvalue weighted by molar-refractivity contribution is -0.162. The maximum absolute atomic E-state index is 13.9. The van der Waals surface area contributed by atoms with Gasteiger partial charge in [-0.3, -0.25) is 4.79 Å². The van der Waals surface area contributed by atoms with Crippen molar-refractivity contribution < 1.29 is 20.1 Å². The minimum Gasteiger partial charge on any atom is -0.396 e. The van der Waals surface area contributed by atoms with Crippen molar-refractivity contribution in [2.45, 2.75) is 98.7 Å². The maximum Gasteiger partial charge on any atom is 0.142 e. The second-order valence-corrected chi connectivity index (χ2v) is 12.3. The molecule has 0 amide bonds. The van der Waals surface area contributed by atoms with Crippen LogP contribution in [0.15, 0.2) is 12.2 Å². The third-order valence-corrected chi connectivity index (χ3v) is 10.2. The summed E-state index contributed by atoms with van der Waals surface area (Å²) in [6, 6.07) is 0. The zero-order valence-electron chi connectivity index (χ0n) is 21.3. The van der Waals surface area contributed by atoms with E-state index in [0.29, 0.717) is 61.6 Å². The van der Waals surface area contributed by atoms with E-state index in [-0.39, 0.29) is 29.8 Å². The minimum absolute atomic E-state index is 0.114. The van der Waals surface area contributed by atoms with Crippen LogP contribution in [0.4, 0.5) is 0 Å². The van der Waals surface area contributed by atoms with Crippen molar-refractivity contribution in [2.24, 2.45) is 52.3 Å². The summed E-state index contributed by atoms with van der Waals surface area (Å²) in [5, 5.41) is 31.2. The monoisotopic (exact) mass is 448 g/mol. The fraction of sp³-hybridized carbons (Fsp3) is 0.893. The summed E-state index contributed by atoms with van der Waals surface area (Å²) in [4.78, 5) is 13.9. The average molecular weight is 449 g/mol. The Morgan fingerprint density at radius 1 is 1.00 bits per heavy atom. The largest absolute Gasteiger partial charge is 0.396 e. The lowest BCUT2D eigenvalue weighted by atomic mass is 9.51. The zero-order valence-corrected chi connectivity index (χ0v) is 21.3. The smallest absolute Gasteiger partial charge is 0.142 e. The highest BCUT2D eigenvalue weighted by molar-refractivity contribution is 5.88. The fourth-order valence-corrected chi connectivity index (χ4v) is 7.65. The number of hydrogen-bond donors (Lipinski definition) is 3. The van der Waals surface area contributed by atoms with Crippen LogP contribution in [-0.4, -0.2) is 39.9 Å². The third kappa shape index (κ3) is 4.61. The van der Waals surface area contributed by atoms with Gasteiger partial charge >= 0.3 is 0 Å². The zero-order chi connectivity index (χ0) is 23.8. The summed E-state index contributed by atoms with van der Waals surface area (Å²) < 4.78 is 0. The molecular weight excluding hydrogens is 400 g/mol. The van der Waals surface area contributed by atoms with Crippen molar-refractivity contribution in [3.8, 4) is 0 Å². The first-order valence-corrected chi connectivity index (χ1v) is 13.1. The standard InChI is InChI=1S/C28H48O4/c1-17(2)18(3)7-8-19(4)22-9-10-23(27(22,5)13-14-29)21-16-25(31)24-15-20(30)11-12-28(24,6)26(21)32/h7-8,17-25,29-31H,9-16H2,1-6H3/b8-7+/t18-,19+,20-,21-,22+,23-,24?,25-,27+,28-/m0/s1. The molecule has 0 saturated heterocycles. The number of hydrogen-bond acceptors (Lipinski definition) is 4. The Kier molecular flexibility index (Phi) is 8.00. The molecule has 4 nitrogen and oxygen atoms in total. The summed E-state index contributed by atoms with van der Waals surface area (Å²) in [6.07, 6.45) is 8.92. The van der Waals surface area contributed by atoms with Gasteiger partial charge in [0, 0.05) is 17.9 Å². The van der Waals surface area contributed by atoms with E-state index >= 15 is 0 Å². The van der Waals surface area contributed by atoms with E-state index in [1.54, 1.807) is 0 Å². The highest BCUT2D eigenvalue weighted by Crippen LogP contribution is 2.60. The molecule has 0 spiro atoms. The Labute approximate surface area is 195 Å². The molecule has 0 aromatic rings. The molecule has 3 aliphatic rings. The number of carbonyl (C=O) groups is 1. The van der Waals surface area contributed by atoms with Gasteiger partial charge in [0.05, 0.1) is 12.2 Å². The normalized spacial score (nSPS) is 44.8. The van der Waals surface area contributed by atoms with E-state index in [1.807, 2.05) is 6.92 Å². The molecule has 0 radical (unpaired) electrons. The summed E-state index contributed by atoms with van der Waals surface area (Å²) in [6.45, 7) is 13.5. The van der Waals surface area contributed by atoms with Gasteiger partial charge < -0.3 is 15.3 Å². The Morgan fingerprint density at radius 2 is 1.69 bits per heavy atom. The maximum atomic E-state index is 13.9. The molecule has 184 valence electrons. The minimum atomic E-state index is -0.530. The summed E-state index contributed by atoms with van der Waals surface area (Å²) in [5.41, 5.74) is -0.644. The molecule has 3 fully saturated rings. The summed E-state index contributed by atoms with van der Waals surface area (Å²) in [5.74, 6) is 2.21. The molecule has 3 aliphatic carbocycles. The van der Waals surface area contributed by atoms with E-state index in [2.05, 4.69) is 46.8 Å². The van der Waals surface area contributed by atoms with Gasteiger partial charge in [0.15, 0.2) is 0 Å². The molecule has 10 atom stereocenters. The molecule has 3 rings (SSSR count). The molecule has 0 aromatic carbocycles. The highest BCUT2D eigenvalue weighted by atomic mass is 16.3. The number of aliphatic hydroxyl groups is 3.